The van der Waals surface area contributed by atoms with Crippen LogP contribution >= 0.6 is 0 Å². The number of hydrogen-bond donors (Lipinski definition) is 1. The van der Waals surface area contributed by atoms with Crippen molar-refractivity contribution in [2.75, 3.05) is 20.3 Å². The third-order valence-electron chi connectivity index (χ3n) is 3.33. The largest absolute Gasteiger partial charge is 0.493 e. The summed E-state index contributed by atoms with van der Waals surface area (Å²) >= 11 is 0. The highest BCUT2D eigenvalue weighted by Crippen LogP contribution is 2.28. The predicted octanol–water partition coefficient (Wildman–Crippen LogP) is 2.80. The molecule has 1 amide bonds. The molecule has 0 aliphatic rings. The normalized spacial score (nSPS) is 11.8. The van der Waals surface area contributed by atoms with E-state index in [0.29, 0.717) is 29.6 Å². The number of amides is 1. The van der Waals surface area contributed by atoms with Crippen molar-refractivity contribution in [3.05, 3.63) is 23.8 Å². The van der Waals surface area contributed by atoms with E-state index < -0.39 is 5.97 Å². The minimum Gasteiger partial charge on any atom is -0.493 e. The molecule has 1 rings (SSSR count). The Morgan fingerprint density at radius 3 is 2.46 bits per heavy atom. The van der Waals surface area contributed by atoms with Crippen LogP contribution in [0.5, 0.6) is 11.5 Å². The molecule has 6 heteroatoms. The molecular weight excluding hydrogens is 310 g/mol. The van der Waals surface area contributed by atoms with Gasteiger partial charge in [0.05, 0.1) is 19.3 Å². The molecule has 6 nitrogen and oxygen atoms in total. The molecule has 0 radical (unpaired) electrons. The maximum Gasteiger partial charge on any atom is 0.338 e. The zero-order valence-corrected chi connectivity index (χ0v) is 15.0. The van der Waals surface area contributed by atoms with Gasteiger partial charge in [0.15, 0.2) is 18.1 Å². The summed E-state index contributed by atoms with van der Waals surface area (Å²) in [7, 11) is 1.51. The molecule has 0 aliphatic heterocycles. The molecule has 0 fully saturated rings. The summed E-state index contributed by atoms with van der Waals surface area (Å²) in [4.78, 5) is 23.7. The molecule has 134 valence electrons. The fourth-order valence-electron chi connectivity index (χ4n) is 1.80. The van der Waals surface area contributed by atoms with Crippen molar-refractivity contribution in [2.45, 2.75) is 40.2 Å². The predicted molar refractivity (Wildman–Crippen MR) is 91.5 cm³/mol. The molecule has 1 atom stereocenters. The highest BCUT2D eigenvalue weighted by Gasteiger charge is 2.15. The summed E-state index contributed by atoms with van der Waals surface area (Å²) in [6.45, 7) is 8.19. The van der Waals surface area contributed by atoms with Gasteiger partial charge < -0.3 is 19.5 Å². The number of methoxy groups -OCH3 is 1. The minimum absolute atomic E-state index is 0.0497. The van der Waals surface area contributed by atoms with Gasteiger partial charge in [0, 0.05) is 6.04 Å². The molecule has 1 N–H and O–H groups in total. The number of carbonyl (C=O) groups is 2. The summed E-state index contributed by atoms with van der Waals surface area (Å²) in [6.07, 6.45) is 0.814. The summed E-state index contributed by atoms with van der Waals surface area (Å²) in [6, 6.07) is 4.85. The minimum atomic E-state index is -0.581. The standard InChI is InChI=1S/C18H27NO5/c1-6-13(4)19-17(20)11-24-18(21)14-7-8-15(16(9-14)22-5)23-10-12(2)3/h7-9,12-13H,6,10-11H2,1-5H3,(H,19,20)/t13-/m0/s1. The zero-order chi connectivity index (χ0) is 18.1. The number of benzene rings is 1. The van der Waals surface area contributed by atoms with E-state index in [-0.39, 0.29) is 18.6 Å². The fourth-order valence-corrected chi connectivity index (χ4v) is 1.80. The van der Waals surface area contributed by atoms with Crippen LogP contribution in [0.4, 0.5) is 0 Å². The Bertz CT molecular complexity index is 556. The second-order valence-electron chi connectivity index (χ2n) is 6.02. The Labute approximate surface area is 143 Å². The summed E-state index contributed by atoms with van der Waals surface area (Å²) < 4.78 is 15.9. The number of ether oxygens (including phenoxy) is 3. The number of hydrogen-bond acceptors (Lipinski definition) is 5. The Morgan fingerprint density at radius 1 is 1.17 bits per heavy atom. The molecule has 1 aromatic carbocycles. The van der Waals surface area contributed by atoms with Crippen LogP contribution < -0.4 is 14.8 Å². The smallest absolute Gasteiger partial charge is 0.338 e. The van der Waals surface area contributed by atoms with Crippen LogP contribution in [0, 0.1) is 5.92 Å². The van der Waals surface area contributed by atoms with Gasteiger partial charge in [-0.3, -0.25) is 4.79 Å². The van der Waals surface area contributed by atoms with Gasteiger partial charge >= 0.3 is 5.97 Å². The average Bonchev–Trinajstić information content (AvgIpc) is 2.57. The third kappa shape index (κ3) is 6.48. The van der Waals surface area contributed by atoms with Crippen LogP contribution in [0.3, 0.4) is 0 Å². The van der Waals surface area contributed by atoms with Crippen molar-refractivity contribution in [1.82, 2.24) is 5.32 Å². The topological polar surface area (TPSA) is 73.9 Å². The van der Waals surface area contributed by atoms with Gasteiger partial charge in [-0.1, -0.05) is 20.8 Å². The summed E-state index contributed by atoms with van der Waals surface area (Å²) in [5, 5.41) is 2.73. The molecule has 0 unspecified atom stereocenters. The van der Waals surface area contributed by atoms with Gasteiger partial charge in [-0.2, -0.15) is 0 Å². The SMILES string of the molecule is CC[C@H](C)NC(=O)COC(=O)c1ccc(OCC(C)C)c(OC)c1. The van der Waals surface area contributed by atoms with Crippen molar-refractivity contribution in [3.8, 4) is 11.5 Å². The highest BCUT2D eigenvalue weighted by atomic mass is 16.5. The molecular formula is C18H27NO5. The van der Waals surface area contributed by atoms with Crippen molar-refractivity contribution in [1.29, 1.82) is 0 Å². The Kier molecular flexibility index (Phi) is 8.09. The Balaban J connectivity index is 2.65. The molecule has 0 aliphatic carbocycles. The maximum atomic E-state index is 12.1. The second kappa shape index (κ2) is 9.80. The van der Waals surface area contributed by atoms with Gasteiger partial charge in [-0.25, -0.2) is 4.79 Å². The van der Waals surface area contributed by atoms with E-state index in [2.05, 4.69) is 5.32 Å². The summed E-state index contributed by atoms with van der Waals surface area (Å²) in [5.74, 6) is 0.499. The number of carbonyl (C=O) groups excluding carboxylic acids is 2. The number of nitrogens with one attached hydrogen (secondary N) is 1. The van der Waals surface area contributed by atoms with Crippen molar-refractivity contribution in [2.24, 2.45) is 5.92 Å². The Hall–Kier alpha value is -2.24. The first-order chi connectivity index (χ1) is 11.4. The lowest BCUT2D eigenvalue weighted by atomic mass is 10.2. The van der Waals surface area contributed by atoms with Crippen LogP contribution in [0.2, 0.25) is 0 Å². The number of rotatable bonds is 9. The van der Waals surface area contributed by atoms with E-state index in [1.807, 2.05) is 27.7 Å². The van der Waals surface area contributed by atoms with Gasteiger partial charge in [0.2, 0.25) is 0 Å². The lowest BCUT2D eigenvalue weighted by Gasteiger charge is -2.14. The molecule has 24 heavy (non-hydrogen) atoms. The van der Waals surface area contributed by atoms with Gasteiger partial charge in [-0.15, -0.1) is 0 Å². The van der Waals surface area contributed by atoms with E-state index in [1.54, 1.807) is 18.2 Å². The molecule has 0 saturated heterocycles. The van der Waals surface area contributed by atoms with E-state index in [1.165, 1.54) is 7.11 Å². The van der Waals surface area contributed by atoms with E-state index in [0.717, 1.165) is 6.42 Å². The van der Waals surface area contributed by atoms with Gasteiger partial charge in [0.25, 0.3) is 5.91 Å². The number of esters is 1. The molecule has 0 saturated carbocycles. The van der Waals surface area contributed by atoms with E-state index in [9.17, 15) is 9.59 Å². The van der Waals surface area contributed by atoms with Crippen LogP contribution in [0.25, 0.3) is 0 Å². The van der Waals surface area contributed by atoms with Crippen molar-refractivity contribution >= 4 is 11.9 Å². The van der Waals surface area contributed by atoms with E-state index >= 15 is 0 Å². The molecule has 0 spiro atoms. The van der Waals surface area contributed by atoms with Crippen LogP contribution in [0.1, 0.15) is 44.5 Å². The highest BCUT2D eigenvalue weighted by molar-refractivity contribution is 5.92. The first-order valence-corrected chi connectivity index (χ1v) is 8.14. The van der Waals surface area contributed by atoms with Crippen molar-refractivity contribution in [3.63, 3.8) is 0 Å². The van der Waals surface area contributed by atoms with Crippen molar-refractivity contribution < 1.29 is 23.8 Å². The molecule has 0 bridgehead atoms. The maximum absolute atomic E-state index is 12.1. The van der Waals surface area contributed by atoms with Crippen LogP contribution in [-0.4, -0.2) is 38.2 Å². The third-order valence-corrected chi connectivity index (χ3v) is 3.33. The quantitative estimate of drug-likeness (QED) is 0.701. The second-order valence-corrected chi connectivity index (χ2v) is 6.02. The fraction of sp³-hybridized carbons (Fsp3) is 0.556. The zero-order valence-electron chi connectivity index (χ0n) is 15.0. The van der Waals surface area contributed by atoms with E-state index in [4.69, 9.17) is 14.2 Å². The molecule has 1 aromatic rings. The van der Waals surface area contributed by atoms with Crippen LogP contribution in [0.15, 0.2) is 18.2 Å². The first-order valence-electron chi connectivity index (χ1n) is 8.14. The Morgan fingerprint density at radius 2 is 1.88 bits per heavy atom. The van der Waals surface area contributed by atoms with Gasteiger partial charge in [-0.05, 0) is 37.5 Å². The molecule has 0 aromatic heterocycles. The average molecular weight is 337 g/mol. The van der Waals surface area contributed by atoms with Gasteiger partial charge in [0.1, 0.15) is 0 Å². The first kappa shape index (κ1) is 19.8. The lowest BCUT2D eigenvalue weighted by Crippen LogP contribution is -2.35. The monoisotopic (exact) mass is 337 g/mol. The molecule has 0 heterocycles. The van der Waals surface area contributed by atoms with Crippen LogP contribution in [-0.2, 0) is 9.53 Å². The lowest BCUT2D eigenvalue weighted by molar-refractivity contribution is -0.124. The summed E-state index contributed by atoms with van der Waals surface area (Å²) in [5.41, 5.74) is 0.306.